The maximum atomic E-state index is 9.70. The Morgan fingerprint density at radius 2 is 1.93 bits per heavy atom. The number of aliphatic hydroxyl groups is 1. The SMILES string of the molecule is CN[C@H](C#N)[C@H](O)c1ccccc1.Cl. The third-order valence-corrected chi connectivity index (χ3v) is 1.91. The van der Waals surface area contributed by atoms with Crippen LogP contribution in [0.1, 0.15) is 11.7 Å². The highest BCUT2D eigenvalue weighted by Crippen LogP contribution is 2.15. The molecule has 76 valence electrons. The normalized spacial score (nSPS) is 13.5. The predicted octanol–water partition coefficient (Wildman–Crippen LogP) is 1.25. The van der Waals surface area contributed by atoms with E-state index in [1.165, 1.54) is 0 Å². The molecule has 0 aliphatic heterocycles. The van der Waals surface area contributed by atoms with Crippen molar-refractivity contribution in [3.63, 3.8) is 0 Å². The number of hydrogen-bond donors (Lipinski definition) is 2. The summed E-state index contributed by atoms with van der Waals surface area (Å²) in [6.45, 7) is 0. The second-order valence-electron chi connectivity index (χ2n) is 2.75. The van der Waals surface area contributed by atoms with Crippen molar-refractivity contribution in [1.29, 1.82) is 5.26 Å². The predicted molar refractivity (Wildman–Crippen MR) is 57.1 cm³/mol. The minimum absolute atomic E-state index is 0. The highest BCUT2D eigenvalue weighted by molar-refractivity contribution is 5.85. The van der Waals surface area contributed by atoms with Gasteiger partial charge >= 0.3 is 0 Å². The molecule has 0 radical (unpaired) electrons. The van der Waals surface area contributed by atoms with Crippen molar-refractivity contribution in [3.8, 4) is 6.07 Å². The van der Waals surface area contributed by atoms with Crippen LogP contribution in [0.3, 0.4) is 0 Å². The number of rotatable bonds is 3. The zero-order valence-corrected chi connectivity index (χ0v) is 8.66. The Morgan fingerprint density at radius 3 is 2.36 bits per heavy atom. The molecule has 0 aliphatic rings. The van der Waals surface area contributed by atoms with E-state index >= 15 is 0 Å². The molecule has 1 aromatic carbocycles. The van der Waals surface area contributed by atoms with Crippen LogP contribution in [-0.4, -0.2) is 18.2 Å². The quantitative estimate of drug-likeness (QED) is 0.793. The van der Waals surface area contributed by atoms with Gasteiger partial charge in [0.1, 0.15) is 12.1 Å². The van der Waals surface area contributed by atoms with E-state index in [1.807, 2.05) is 24.3 Å². The van der Waals surface area contributed by atoms with Gasteiger partial charge in [-0.25, -0.2) is 0 Å². The molecule has 0 aliphatic carbocycles. The van der Waals surface area contributed by atoms with Crippen molar-refractivity contribution in [2.75, 3.05) is 7.05 Å². The number of nitriles is 1. The third kappa shape index (κ3) is 3.00. The molecule has 0 amide bonds. The molecule has 1 rings (SSSR count). The van der Waals surface area contributed by atoms with Crippen molar-refractivity contribution < 1.29 is 5.11 Å². The Bertz CT molecular complexity index is 297. The van der Waals surface area contributed by atoms with E-state index in [2.05, 4.69) is 5.32 Å². The van der Waals surface area contributed by atoms with Gasteiger partial charge in [0.05, 0.1) is 6.07 Å². The molecule has 14 heavy (non-hydrogen) atoms. The summed E-state index contributed by atoms with van der Waals surface area (Å²) in [6.07, 6.45) is -0.767. The number of nitrogens with zero attached hydrogens (tertiary/aromatic N) is 1. The summed E-state index contributed by atoms with van der Waals surface area (Å²) < 4.78 is 0. The van der Waals surface area contributed by atoms with E-state index in [0.717, 1.165) is 5.56 Å². The van der Waals surface area contributed by atoms with Crippen molar-refractivity contribution in [1.82, 2.24) is 5.32 Å². The molecule has 0 bridgehead atoms. The molecular formula is C10H13ClN2O. The van der Waals surface area contributed by atoms with Crippen LogP contribution in [0, 0.1) is 11.3 Å². The molecular weight excluding hydrogens is 200 g/mol. The molecule has 0 saturated heterocycles. The van der Waals surface area contributed by atoms with Crippen molar-refractivity contribution >= 4 is 12.4 Å². The number of aliphatic hydroxyl groups excluding tert-OH is 1. The Hall–Kier alpha value is -1.08. The smallest absolute Gasteiger partial charge is 0.125 e. The fourth-order valence-corrected chi connectivity index (χ4v) is 1.14. The Labute approximate surface area is 89.8 Å². The Balaban J connectivity index is 0.00000169. The van der Waals surface area contributed by atoms with Crippen LogP contribution in [0.5, 0.6) is 0 Å². The monoisotopic (exact) mass is 212 g/mol. The molecule has 0 unspecified atom stereocenters. The largest absolute Gasteiger partial charge is 0.386 e. The van der Waals surface area contributed by atoms with Crippen LogP contribution in [0.25, 0.3) is 0 Å². The zero-order chi connectivity index (χ0) is 9.68. The highest BCUT2D eigenvalue weighted by Gasteiger charge is 2.17. The van der Waals surface area contributed by atoms with E-state index in [9.17, 15) is 5.11 Å². The van der Waals surface area contributed by atoms with Gasteiger partial charge in [-0.15, -0.1) is 12.4 Å². The lowest BCUT2D eigenvalue weighted by molar-refractivity contribution is 0.154. The summed E-state index contributed by atoms with van der Waals surface area (Å²) in [4.78, 5) is 0. The topological polar surface area (TPSA) is 56.0 Å². The molecule has 3 nitrogen and oxygen atoms in total. The van der Waals surface area contributed by atoms with Crippen molar-refractivity contribution in [2.45, 2.75) is 12.1 Å². The van der Waals surface area contributed by atoms with Gasteiger partial charge < -0.3 is 10.4 Å². The lowest BCUT2D eigenvalue weighted by Crippen LogP contribution is -2.30. The standard InChI is InChI=1S/C10H12N2O.ClH/c1-12-9(7-11)10(13)8-5-3-2-4-6-8;/h2-6,9-10,12-13H,1H3;1H/t9-,10-;/m1./s1. The number of halogens is 1. The minimum atomic E-state index is -0.767. The number of hydrogen-bond acceptors (Lipinski definition) is 3. The first-order valence-corrected chi connectivity index (χ1v) is 4.09. The van der Waals surface area contributed by atoms with Crippen molar-refractivity contribution in [3.05, 3.63) is 35.9 Å². The van der Waals surface area contributed by atoms with E-state index in [1.54, 1.807) is 19.2 Å². The number of benzene rings is 1. The van der Waals surface area contributed by atoms with Crippen molar-refractivity contribution in [2.24, 2.45) is 0 Å². The first-order valence-electron chi connectivity index (χ1n) is 4.09. The molecule has 0 fully saturated rings. The van der Waals surface area contributed by atoms with E-state index in [-0.39, 0.29) is 12.4 Å². The van der Waals surface area contributed by atoms with Gasteiger partial charge in [-0.3, -0.25) is 0 Å². The molecule has 0 spiro atoms. The zero-order valence-electron chi connectivity index (χ0n) is 7.84. The maximum absolute atomic E-state index is 9.70. The number of nitrogens with one attached hydrogen (secondary N) is 1. The lowest BCUT2D eigenvalue weighted by atomic mass is 10.0. The number of likely N-dealkylation sites (N-methyl/N-ethyl adjacent to an activating group) is 1. The third-order valence-electron chi connectivity index (χ3n) is 1.91. The van der Waals surface area contributed by atoms with Gasteiger partial charge in [-0.05, 0) is 12.6 Å². The molecule has 0 saturated carbocycles. The van der Waals surface area contributed by atoms with E-state index < -0.39 is 12.1 Å². The van der Waals surface area contributed by atoms with Gasteiger partial charge in [0, 0.05) is 0 Å². The average Bonchev–Trinajstić information content (AvgIpc) is 2.21. The van der Waals surface area contributed by atoms with Crippen LogP contribution < -0.4 is 5.32 Å². The summed E-state index contributed by atoms with van der Waals surface area (Å²) in [6, 6.07) is 10.6. The van der Waals surface area contributed by atoms with Crippen LogP contribution in [0.4, 0.5) is 0 Å². The fraction of sp³-hybridized carbons (Fsp3) is 0.300. The summed E-state index contributed by atoms with van der Waals surface area (Å²) in [5, 5.41) is 21.1. The molecule has 0 heterocycles. The summed E-state index contributed by atoms with van der Waals surface area (Å²) in [7, 11) is 1.65. The summed E-state index contributed by atoms with van der Waals surface area (Å²) in [5.41, 5.74) is 0.753. The fourth-order valence-electron chi connectivity index (χ4n) is 1.14. The van der Waals surface area contributed by atoms with Gasteiger partial charge in [-0.2, -0.15) is 5.26 Å². The van der Waals surface area contributed by atoms with Crippen LogP contribution in [0.2, 0.25) is 0 Å². The van der Waals surface area contributed by atoms with E-state index in [4.69, 9.17) is 5.26 Å². The van der Waals surface area contributed by atoms with Crippen LogP contribution in [-0.2, 0) is 0 Å². The molecule has 1 aromatic rings. The highest BCUT2D eigenvalue weighted by atomic mass is 35.5. The maximum Gasteiger partial charge on any atom is 0.125 e. The van der Waals surface area contributed by atoms with Gasteiger partial charge in [-0.1, -0.05) is 30.3 Å². The molecule has 2 atom stereocenters. The molecule has 2 N–H and O–H groups in total. The van der Waals surface area contributed by atoms with E-state index in [0.29, 0.717) is 0 Å². The second kappa shape index (κ2) is 6.39. The Kier molecular flexibility index (Phi) is 5.89. The first kappa shape index (κ1) is 12.9. The van der Waals surface area contributed by atoms with Gasteiger partial charge in [0.2, 0.25) is 0 Å². The average molecular weight is 213 g/mol. The van der Waals surface area contributed by atoms with Gasteiger partial charge in [0.25, 0.3) is 0 Å². The lowest BCUT2D eigenvalue weighted by Gasteiger charge is -2.15. The second-order valence-corrected chi connectivity index (χ2v) is 2.75. The molecule has 0 aromatic heterocycles. The Morgan fingerprint density at radius 1 is 1.36 bits per heavy atom. The minimum Gasteiger partial charge on any atom is -0.386 e. The first-order chi connectivity index (χ1) is 6.29. The van der Waals surface area contributed by atoms with Gasteiger partial charge in [0.15, 0.2) is 0 Å². The van der Waals surface area contributed by atoms with Crippen LogP contribution in [0.15, 0.2) is 30.3 Å². The molecule has 4 heteroatoms. The van der Waals surface area contributed by atoms with Crippen LogP contribution >= 0.6 is 12.4 Å². The summed E-state index contributed by atoms with van der Waals surface area (Å²) in [5.74, 6) is 0. The summed E-state index contributed by atoms with van der Waals surface area (Å²) >= 11 is 0.